The number of para-hydroxylation sites is 2. The molecule has 0 aliphatic carbocycles. The summed E-state index contributed by atoms with van der Waals surface area (Å²) < 4.78 is 5.46. The zero-order chi connectivity index (χ0) is 20.3. The molecule has 0 spiro atoms. The second kappa shape index (κ2) is 8.45. The van der Waals surface area contributed by atoms with E-state index in [9.17, 15) is 19.8 Å². The lowest BCUT2D eigenvalue weighted by molar-refractivity contribution is -0.136. The molecular formula is C20H19BrN2O5. The van der Waals surface area contributed by atoms with Crippen LogP contribution in [0.25, 0.3) is 11.1 Å². The first-order valence-electron chi connectivity index (χ1n) is 8.53. The van der Waals surface area contributed by atoms with Crippen molar-refractivity contribution in [2.75, 3.05) is 32.1 Å². The second-order valence-electron chi connectivity index (χ2n) is 6.10. The normalized spacial score (nSPS) is 13.8. The first-order chi connectivity index (χ1) is 13.5. The maximum absolute atomic E-state index is 12.8. The number of halogens is 1. The van der Waals surface area contributed by atoms with Crippen LogP contribution in [0.1, 0.15) is 0 Å². The Hall–Kier alpha value is -2.84. The molecule has 0 atom stereocenters. The summed E-state index contributed by atoms with van der Waals surface area (Å²) in [7, 11) is 1.25. The van der Waals surface area contributed by atoms with Gasteiger partial charge in [0.05, 0.1) is 31.5 Å². The summed E-state index contributed by atoms with van der Waals surface area (Å²) in [6.45, 7) is -0.0663. The van der Waals surface area contributed by atoms with Crippen LogP contribution in [0.3, 0.4) is 0 Å². The zero-order valence-corrected chi connectivity index (χ0v) is 16.7. The molecule has 0 aromatic heterocycles. The molecule has 3 rings (SSSR count). The minimum atomic E-state index is -0.618. The van der Waals surface area contributed by atoms with Gasteiger partial charge in [-0.05, 0) is 28.1 Å². The van der Waals surface area contributed by atoms with Gasteiger partial charge >= 0.3 is 5.97 Å². The van der Waals surface area contributed by atoms with Crippen LogP contribution in [0.4, 0.5) is 5.69 Å². The van der Waals surface area contributed by atoms with Crippen molar-refractivity contribution in [2.45, 2.75) is 0 Å². The Morgan fingerprint density at radius 1 is 1.21 bits per heavy atom. The van der Waals surface area contributed by atoms with Crippen LogP contribution >= 0.6 is 15.9 Å². The van der Waals surface area contributed by atoms with Crippen LogP contribution < -0.4 is 5.32 Å². The van der Waals surface area contributed by atoms with E-state index in [0.29, 0.717) is 21.3 Å². The Morgan fingerprint density at radius 2 is 1.93 bits per heavy atom. The Balaban J connectivity index is 2.08. The van der Waals surface area contributed by atoms with E-state index in [2.05, 4.69) is 21.2 Å². The topological polar surface area (TPSA) is 99.1 Å². The quantitative estimate of drug-likeness (QED) is 0.589. The molecule has 0 unspecified atom stereocenters. The van der Waals surface area contributed by atoms with Gasteiger partial charge < -0.3 is 25.2 Å². The lowest BCUT2D eigenvalue weighted by Crippen LogP contribution is -2.31. The van der Waals surface area contributed by atoms with Crippen molar-refractivity contribution >= 4 is 33.5 Å². The van der Waals surface area contributed by atoms with Crippen LogP contribution in [0.2, 0.25) is 0 Å². The molecule has 1 heterocycles. The molecule has 0 radical (unpaired) electrons. The van der Waals surface area contributed by atoms with Crippen molar-refractivity contribution in [1.82, 2.24) is 4.90 Å². The number of methoxy groups -OCH3 is 1. The third kappa shape index (κ3) is 3.74. The maximum Gasteiger partial charge on any atom is 0.337 e. The Bertz CT molecular complexity index is 957. The monoisotopic (exact) mass is 446 g/mol. The minimum absolute atomic E-state index is 0.0464. The van der Waals surface area contributed by atoms with Crippen LogP contribution in [0, 0.1) is 0 Å². The summed E-state index contributed by atoms with van der Waals surface area (Å²) in [5.74, 6) is -0.939. The molecule has 1 amide bonds. The summed E-state index contributed by atoms with van der Waals surface area (Å²) in [6, 6.07) is 12.2. The van der Waals surface area contributed by atoms with Crippen molar-refractivity contribution in [3.63, 3.8) is 0 Å². The zero-order valence-electron chi connectivity index (χ0n) is 15.1. The molecule has 0 bridgehead atoms. The molecule has 7 nitrogen and oxygen atoms in total. The number of hydrogen-bond acceptors (Lipinski definition) is 6. The summed E-state index contributed by atoms with van der Waals surface area (Å²) >= 11 is 3.47. The molecular weight excluding hydrogens is 428 g/mol. The summed E-state index contributed by atoms with van der Waals surface area (Å²) in [5, 5.41) is 22.5. The van der Waals surface area contributed by atoms with Gasteiger partial charge in [0, 0.05) is 22.1 Å². The van der Waals surface area contributed by atoms with E-state index < -0.39 is 11.9 Å². The highest BCUT2D eigenvalue weighted by Gasteiger charge is 2.35. The van der Waals surface area contributed by atoms with E-state index in [1.54, 1.807) is 42.5 Å². The predicted octanol–water partition coefficient (Wildman–Crippen LogP) is 2.50. The van der Waals surface area contributed by atoms with Crippen molar-refractivity contribution in [3.8, 4) is 16.9 Å². The number of carbonyl (C=O) groups is 2. The molecule has 2 aromatic carbocycles. The van der Waals surface area contributed by atoms with E-state index in [1.165, 1.54) is 12.0 Å². The van der Waals surface area contributed by atoms with Gasteiger partial charge in [0.2, 0.25) is 0 Å². The average Bonchev–Trinajstić information content (AvgIpc) is 2.99. The van der Waals surface area contributed by atoms with Crippen molar-refractivity contribution in [3.05, 3.63) is 58.2 Å². The fourth-order valence-corrected chi connectivity index (χ4v) is 3.52. The highest BCUT2D eigenvalue weighted by molar-refractivity contribution is 9.10. The van der Waals surface area contributed by atoms with E-state index in [4.69, 9.17) is 4.74 Å². The lowest BCUT2D eigenvalue weighted by Gasteiger charge is -2.17. The molecule has 0 saturated carbocycles. The number of hydrogen-bond donors (Lipinski definition) is 3. The van der Waals surface area contributed by atoms with Gasteiger partial charge in [-0.25, -0.2) is 4.79 Å². The number of aliphatic hydroxyl groups is 1. The van der Waals surface area contributed by atoms with Gasteiger partial charge in [-0.1, -0.05) is 30.3 Å². The number of carbonyl (C=O) groups excluding carboxylic acids is 2. The average molecular weight is 447 g/mol. The summed E-state index contributed by atoms with van der Waals surface area (Å²) in [4.78, 5) is 26.3. The van der Waals surface area contributed by atoms with Crippen molar-refractivity contribution in [2.24, 2.45) is 0 Å². The summed E-state index contributed by atoms with van der Waals surface area (Å²) in [6.07, 6.45) is 0. The highest BCUT2D eigenvalue weighted by Crippen LogP contribution is 2.39. The molecule has 1 aliphatic rings. The number of β-amino-alcohol motifs (C(OH)–C–C–N with tert-alkyl or cyclic N) is 1. The molecule has 0 fully saturated rings. The molecule has 8 heteroatoms. The van der Waals surface area contributed by atoms with Crippen LogP contribution in [0.15, 0.2) is 58.2 Å². The third-order valence-electron chi connectivity index (χ3n) is 4.41. The van der Waals surface area contributed by atoms with E-state index in [0.717, 1.165) is 0 Å². The largest absolute Gasteiger partial charge is 0.507 e. The number of ether oxygens (including phenoxy) is 1. The molecule has 3 N–H and O–H groups in total. The number of nitrogens with zero attached hydrogens (tertiary/aromatic N) is 1. The van der Waals surface area contributed by atoms with Gasteiger partial charge in [-0.2, -0.15) is 0 Å². The number of phenols is 1. The number of rotatable bonds is 6. The molecule has 1 aliphatic heterocycles. The van der Waals surface area contributed by atoms with Crippen LogP contribution in [0.5, 0.6) is 5.75 Å². The Labute approximate surface area is 170 Å². The van der Waals surface area contributed by atoms with Crippen LogP contribution in [-0.4, -0.2) is 53.8 Å². The van der Waals surface area contributed by atoms with E-state index in [1.807, 2.05) is 0 Å². The molecule has 28 heavy (non-hydrogen) atoms. The first kappa shape index (κ1) is 19.9. The number of amides is 1. The minimum Gasteiger partial charge on any atom is -0.507 e. The highest BCUT2D eigenvalue weighted by atomic mass is 79.9. The third-order valence-corrected chi connectivity index (χ3v) is 5.07. The van der Waals surface area contributed by atoms with Gasteiger partial charge in [0.25, 0.3) is 5.91 Å². The van der Waals surface area contributed by atoms with Gasteiger partial charge in [0.15, 0.2) is 0 Å². The maximum atomic E-state index is 12.8. The number of aromatic hydroxyl groups is 1. The van der Waals surface area contributed by atoms with Gasteiger partial charge in [-0.3, -0.25) is 4.79 Å². The smallest absolute Gasteiger partial charge is 0.337 e. The fourth-order valence-electron chi connectivity index (χ4n) is 3.05. The van der Waals surface area contributed by atoms with Gasteiger partial charge in [-0.15, -0.1) is 0 Å². The molecule has 2 aromatic rings. The van der Waals surface area contributed by atoms with E-state index in [-0.39, 0.29) is 36.7 Å². The van der Waals surface area contributed by atoms with E-state index >= 15 is 0 Å². The number of esters is 1. The lowest BCUT2D eigenvalue weighted by atomic mass is 10.0. The predicted molar refractivity (Wildman–Crippen MR) is 108 cm³/mol. The van der Waals surface area contributed by atoms with Crippen molar-refractivity contribution < 1.29 is 24.5 Å². The number of nitrogens with one attached hydrogen (secondary N) is 1. The number of phenolic OH excluding ortho intramolecular Hbond substituents is 1. The SMILES string of the molecule is COC(=O)C1=C(Nc2c(Br)cccc2-c2ccccc2O)C(=O)N(CCO)C1. The van der Waals surface area contributed by atoms with Crippen molar-refractivity contribution in [1.29, 1.82) is 0 Å². The molecule has 0 saturated heterocycles. The Kier molecular flexibility index (Phi) is 6.01. The molecule has 146 valence electrons. The fraction of sp³-hybridized carbons (Fsp3) is 0.200. The summed E-state index contributed by atoms with van der Waals surface area (Å²) in [5.41, 5.74) is 2.02. The Morgan fingerprint density at radius 3 is 2.61 bits per heavy atom. The van der Waals surface area contributed by atoms with Crippen LogP contribution in [-0.2, 0) is 14.3 Å². The number of aliphatic hydroxyl groups excluding tert-OH is 1. The number of benzene rings is 2. The first-order valence-corrected chi connectivity index (χ1v) is 9.32. The second-order valence-corrected chi connectivity index (χ2v) is 6.95. The number of anilines is 1. The standard InChI is InChI=1S/C20H19BrN2O5/c1-28-20(27)14-11-23(9-10-24)19(26)18(14)22-17-13(6-4-7-15(17)21)12-5-2-3-8-16(12)25/h2-8,22,24-25H,9-11H2,1H3. The van der Waals surface area contributed by atoms with Gasteiger partial charge in [0.1, 0.15) is 11.4 Å².